The summed E-state index contributed by atoms with van der Waals surface area (Å²) in [6.07, 6.45) is 5.88. The van der Waals surface area contributed by atoms with E-state index in [-0.39, 0.29) is 5.92 Å². The van der Waals surface area contributed by atoms with E-state index in [9.17, 15) is 5.11 Å². The van der Waals surface area contributed by atoms with Crippen molar-refractivity contribution in [2.75, 3.05) is 0 Å². The van der Waals surface area contributed by atoms with Gasteiger partial charge in [-0.1, -0.05) is 60.2 Å². The highest BCUT2D eigenvalue weighted by Gasteiger charge is 2.29. The van der Waals surface area contributed by atoms with Crippen LogP contribution in [0.3, 0.4) is 0 Å². The van der Waals surface area contributed by atoms with Crippen LogP contribution in [0.5, 0.6) is 0 Å². The summed E-state index contributed by atoms with van der Waals surface area (Å²) in [7, 11) is 0. The van der Waals surface area contributed by atoms with Crippen molar-refractivity contribution in [3.8, 4) is 11.8 Å². The molecule has 0 fully saturated rings. The lowest BCUT2D eigenvalue weighted by Crippen LogP contribution is -2.28. The normalized spacial score (nSPS) is 15.1. The largest absolute Gasteiger partial charge is 0.384 e. The lowest BCUT2D eigenvalue weighted by atomic mass is 9.84. The molecule has 0 aliphatic heterocycles. The van der Waals surface area contributed by atoms with E-state index in [4.69, 9.17) is 0 Å². The number of hydrogen-bond acceptors (Lipinski definition) is 1. The number of benzene rings is 1. The molecule has 0 radical (unpaired) electrons. The molecule has 0 amide bonds. The highest BCUT2D eigenvalue weighted by atomic mass is 79.9. The summed E-state index contributed by atoms with van der Waals surface area (Å²) >= 11 is 3.41. The van der Waals surface area contributed by atoms with Crippen molar-refractivity contribution in [1.82, 2.24) is 0 Å². The van der Waals surface area contributed by atoms with E-state index in [2.05, 4.69) is 34.7 Å². The Morgan fingerprint density at radius 2 is 1.85 bits per heavy atom. The number of aliphatic hydroxyl groups is 1. The molecule has 0 saturated carbocycles. The van der Waals surface area contributed by atoms with E-state index in [0.29, 0.717) is 0 Å². The van der Waals surface area contributed by atoms with Crippen LogP contribution in [-0.2, 0) is 5.60 Å². The minimum absolute atomic E-state index is 0.0742. The average Bonchev–Trinajstić information content (AvgIpc) is 2.43. The topological polar surface area (TPSA) is 20.2 Å². The SMILES string of the molecule is CCCCCCC#CC(C)C(C)(O)c1ccc(Br)cc1. The molecule has 20 heavy (non-hydrogen) atoms. The third kappa shape index (κ3) is 5.31. The maximum atomic E-state index is 10.7. The predicted octanol–water partition coefficient (Wildman–Crippen LogP) is 5.27. The Morgan fingerprint density at radius 3 is 2.45 bits per heavy atom. The molecule has 0 bridgehead atoms. The molecule has 2 atom stereocenters. The summed E-state index contributed by atoms with van der Waals surface area (Å²) in [5, 5.41) is 10.7. The van der Waals surface area contributed by atoms with Gasteiger partial charge in [0.2, 0.25) is 0 Å². The Morgan fingerprint density at radius 1 is 1.20 bits per heavy atom. The molecule has 0 heterocycles. The molecule has 2 unspecified atom stereocenters. The zero-order chi connectivity index (χ0) is 15.0. The van der Waals surface area contributed by atoms with Gasteiger partial charge in [-0.2, -0.15) is 0 Å². The van der Waals surface area contributed by atoms with E-state index in [1.807, 2.05) is 38.1 Å². The zero-order valence-electron chi connectivity index (χ0n) is 12.7. The third-order valence-electron chi connectivity index (χ3n) is 3.75. The molecule has 0 aliphatic carbocycles. The van der Waals surface area contributed by atoms with Crippen LogP contribution in [0.1, 0.15) is 58.4 Å². The Hall–Kier alpha value is -0.780. The van der Waals surface area contributed by atoms with Crippen LogP contribution in [-0.4, -0.2) is 5.11 Å². The van der Waals surface area contributed by atoms with Gasteiger partial charge in [0, 0.05) is 10.9 Å². The Labute approximate surface area is 131 Å². The van der Waals surface area contributed by atoms with E-state index >= 15 is 0 Å². The molecule has 110 valence electrons. The number of hydrogen-bond donors (Lipinski definition) is 1. The highest BCUT2D eigenvalue weighted by molar-refractivity contribution is 9.10. The van der Waals surface area contributed by atoms with Gasteiger partial charge >= 0.3 is 0 Å². The van der Waals surface area contributed by atoms with Crippen molar-refractivity contribution < 1.29 is 5.11 Å². The fourth-order valence-electron chi connectivity index (χ4n) is 2.04. The van der Waals surface area contributed by atoms with E-state index < -0.39 is 5.60 Å². The lowest BCUT2D eigenvalue weighted by molar-refractivity contribution is 0.0239. The summed E-state index contributed by atoms with van der Waals surface area (Å²) in [6.45, 7) is 6.04. The van der Waals surface area contributed by atoms with Crippen molar-refractivity contribution in [3.05, 3.63) is 34.3 Å². The van der Waals surface area contributed by atoms with Gasteiger partial charge < -0.3 is 5.11 Å². The fourth-order valence-corrected chi connectivity index (χ4v) is 2.31. The first-order chi connectivity index (χ1) is 9.48. The second kappa shape index (κ2) is 8.49. The molecule has 0 aliphatic rings. The quantitative estimate of drug-likeness (QED) is 0.554. The smallest absolute Gasteiger partial charge is 0.100 e. The maximum Gasteiger partial charge on any atom is 0.100 e. The number of halogens is 1. The molecule has 0 spiro atoms. The van der Waals surface area contributed by atoms with Crippen molar-refractivity contribution in [3.63, 3.8) is 0 Å². The molecule has 2 heteroatoms. The van der Waals surface area contributed by atoms with Crippen LogP contribution in [0, 0.1) is 17.8 Å². The summed E-state index contributed by atoms with van der Waals surface area (Å²) in [5.74, 6) is 6.34. The zero-order valence-corrected chi connectivity index (χ0v) is 14.3. The highest BCUT2D eigenvalue weighted by Crippen LogP contribution is 2.29. The molecule has 0 aromatic heterocycles. The van der Waals surface area contributed by atoms with Crippen molar-refractivity contribution in [1.29, 1.82) is 0 Å². The van der Waals surface area contributed by atoms with Crippen molar-refractivity contribution >= 4 is 15.9 Å². The van der Waals surface area contributed by atoms with Crippen LogP contribution in [0.25, 0.3) is 0 Å². The van der Waals surface area contributed by atoms with Gasteiger partial charge in [0.15, 0.2) is 0 Å². The first kappa shape index (κ1) is 17.3. The Bertz CT molecular complexity index is 451. The molecular weight excluding hydrogens is 312 g/mol. The number of rotatable bonds is 6. The van der Waals surface area contributed by atoms with Crippen LogP contribution in [0.4, 0.5) is 0 Å². The predicted molar refractivity (Wildman–Crippen MR) is 89.4 cm³/mol. The monoisotopic (exact) mass is 336 g/mol. The second-order valence-electron chi connectivity index (χ2n) is 5.51. The number of unbranched alkanes of at least 4 members (excludes halogenated alkanes) is 4. The van der Waals surface area contributed by atoms with Gasteiger partial charge in [-0.05, 0) is 38.0 Å². The minimum Gasteiger partial charge on any atom is -0.384 e. The standard InChI is InChI=1S/C18H25BrO/c1-4-5-6-7-8-9-10-15(2)18(3,20)16-11-13-17(19)14-12-16/h11-15,20H,4-8H2,1-3H3. The van der Waals surface area contributed by atoms with Crippen LogP contribution < -0.4 is 0 Å². The first-order valence-electron chi connectivity index (χ1n) is 7.45. The second-order valence-corrected chi connectivity index (χ2v) is 6.42. The molecule has 1 N–H and O–H groups in total. The van der Waals surface area contributed by atoms with Gasteiger partial charge in [0.25, 0.3) is 0 Å². The van der Waals surface area contributed by atoms with Gasteiger partial charge in [-0.15, -0.1) is 5.92 Å². The average molecular weight is 337 g/mol. The van der Waals surface area contributed by atoms with E-state index in [1.165, 1.54) is 19.3 Å². The Kier molecular flexibility index (Phi) is 7.34. The summed E-state index contributed by atoms with van der Waals surface area (Å²) in [4.78, 5) is 0. The van der Waals surface area contributed by atoms with Gasteiger partial charge in [-0.3, -0.25) is 0 Å². The third-order valence-corrected chi connectivity index (χ3v) is 4.27. The Balaban J connectivity index is 2.58. The lowest BCUT2D eigenvalue weighted by Gasteiger charge is -2.27. The van der Waals surface area contributed by atoms with E-state index in [0.717, 1.165) is 22.9 Å². The summed E-state index contributed by atoms with van der Waals surface area (Å²) < 4.78 is 1.02. The molecule has 1 aromatic rings. The van der Waals surface area contributed by atoms with Crippen LogP contribution in [0.15, 0.2) is 28.7 Å². The molecule has 1 aromatic carbocycles. The van der Waals surface area contributed by atoms with Gasteiger partial charge in [-0.25, -0.2) is 0 Å². The first-order valence-corrected chi connectivity index (χ1v) is 8.24. The van der Waals surface area contributed by atoms with Crippen LogP contribution >= 0.6 is 15.9 Å². The minimum atomic E-state index is -0.906. The summed E-state index contributed by atoms with van der Waals surface area (Å²) in [6, 6.07) is 7.80. The van der Waals surface area contributed by atoms with Gasteiger partial charge in [0.1, 0.15) is 5.60 Å². The van der Waals surface area contributed by atoms with Gasteiger partial charge in [0.05, 0.1) is 5.92 Å². The molecule has 1 nitrogen and oxygen atoms in total. The van der Waals surface area contributed by atoms with Crippen LogP contribution in [0.2, 0.25) is 0 Å². The molecule has 1 rings (SSSR count). The maximum absolute atomic E-state index is 10.7. The fraction of sp³-hybridized carbons (Fsp3) is 0.556. The summed E-state index contributed by atoms with van der Waals surface area (Å²) in [5.41, 5.74) is 0.00500. The molecular formula is C18H25BrO. The van der Waals surface area contributed by atoms with E-state index in [1.54, 1.807) is 0 Å². The van der Waals surface area contributed by atoms with Crippen molar-refractivity contribution in [2.24, 2.45) is 5.92 Å². The van der Waals surface area contributed by atoms with Crippen molar-refractivity contribution in [2.45, 2.75) is 58.5 Å². The molecule has 0 saturated heterocycles.